The van der Waals surface area contributed by atoms with Crippen molar-refractivity contribution in [3.05, 3.63) is 29.3 Å². The van der Waals surface area contributed by atoms with E-state index in [0.717, 1.165) is 31.2 Å². The lowest BCUT2D eigenvalue weighted by molar-refractivity contribution is -0.120. The second-order valence-corrected chi connectivity index (χ2v) is 5.89. The molecule has 1 saturated carbocycles. The van der Waals surface area contributed by atoms with Crippen LogP contribution in [0.5, 0.6) is 0 Å². The number of carbonyl (C=O) groups is 2. The van der Waals surface area contributed by atoms with Gasteiger partial charge in [-0.3, -0.25) is 4.79 Å². The molecule has 0 bridgehead atoms. The summed E-state index contributed by atoms with van der Waals surface area (Å²) in [5, 5.41) is 12.1. The van der Waals surface area contributed by atoms with Crippen molar-refractivity contribution >= 4 is 17.6 Å². The molecule has 0 unspecified atom stereocenters. The molecule has 4 heteroatoms. The third-order valence-electron chi connectivity index (χ3n) is 4.14. The molecule has 1 aromatic carbocycles. The van der Waals surface area contributed by atoms with Gasteiger partial charge < -0.3 is 10.4 Å². The average molecular weight is 289 g/mol. The second-order valence-electron chi connectivity index (χ2n) is 5.89. The van der Waals surface area contributed by atoms with Crippen LogP contribution in [0.3, 0.4) is 0 Å². The largest absolute Gasteiger partial charge is 0.478 e. The topological polar surface area (TPSA) is 66.4 Å². The number of carboxylic acids is 1. The summed E-state index contributed by atoms with van der Waals surface area (Å²) >= 11 is 0. The predicted molar refractivity (Wildman–Crippen MR) is 82.6 cm³/mol. The van der Waals surface area contributed by atoms with Gasteiger partial charge in [0.1, 0.15) is 0 Å². The van der Waals surface area contributed by atoms with Gasteiger partial charge in [0.25, 0.3) is 0 Å². The maximum absolute atomic E-state index is 12.4. The standard InChI is InChI=1S/C17H23NO3/c1-12-9-10-15(14(11-12)17(20)21)18-16(19)13-7-5-3-2-4-6-8-13/h9-11,13H,2-8H2,1H3,(H,18,19)(H,20,21). The van der Waals surface area contributed by atoms with Crippen molar-refractivity contribution in [3.8, 4) is 0 Å². The molecule has 0 spiro atoms. The lowest BCUT2D eigenvalue weighted by Crippen LogP contribution is -2.24. The predicted octanol–water partition coefficient (Wildman–Crippen LogP) is 3.99. The smallest absolute Gasteiger partial charge is 0.337 e. The minimum atomic E-state index is -1.01. The number of rotatable bonds is 3. The maximum Gasteiger partial charge on any atom is 0.337 e. The van der Waals surface area contributed by atoms with E-state index in [0.29, 0.717) is 5.69 Å². The fourth-order valence-electron chi connectivity index (χ4n) is 2.90. The zero-order chi connectivity index (χ0) is 15.2. The zero-order valence-electron chi connectivity index (χ0n) is 12.5. The van der Waals surface area contributed by atoms with E-state index in [1.165, 1.54) is 19.3 Å². The Morgan fingerprint density at radius 1 is 1.10 bits per heavy atom. The van der Waals surface area contributed by atoms with Crippen LogP contribution in [-0.4, -0.2) is 17.0 Å². The molecule has 114 valence electrons. The van der Waals surface area contributed by atoms with Crippen molar-refractivity contribution in [3.63, 3.8) is 0 Å². The first-order valence-electron chi connectivity index (χ1n) is 7.73. The summed E-state index contributed by atoms with van der Waals surface area (Å²) < 4.78 is 0. The van der Waals surface area contributed by atoms with E-state index in [1.54, 1.807) is 12.1 Å². The van der Waals surface area contributed by atoms with Crippen LogP contribution in [0.25, 0.3) is 0 Å². The Morgan fingerprint density at radius 2 is 1.71 bits per heavy atom. The van der Waals surface area contributed by atoms with Gasteiger partial charge in [0.2, 0.25) is 5.91 Å². The minimum absolute atomic E-state index is 0.00764. The number of carbonyl (C=O) groups excluding carboxylic acids is 1. The van der Waals surface area contributed by atoms with Crippen molar-refractivity contribution in [2.24, 2.45) is 5.92 Å². The Labute approximate surface area is 125 Å². The number of aryl methyl sites for hydroxylation is 1. The molecule has 1 fully saturated rings. The Hall–Kier alpha value is -1.84. The van der Waals surface area contributed by atoms with Crippen LogP contribution in [0.4, 0.5) is 5.69 Å². The van der Waals surface area contributed by atoms with Gasteiger partial charge in [0, 0.05) is 5.92 Å². The summed E-state index contributed by atoms with van der Waals surface area (Å²) in [5.41, 5.74) is 1.44. The van der Waals surface area contributed by atoms with Crippen molar-refractivity contribution in [1.82, 2.24) is 0 Å². The Morgan fingerprint density at radius 3 is 2.33 bits per heavy atom. The molecule has 0 radical (unpaired) electrons. The van der Waals surface area contributed by atoms with Crippen molar-refractivity contribution in [2.75, 3.05) is 5.32 Å². The van der Waals surface area contributed by atoms with E-state index in [1.807, 2.05) is 13.0 Å². The number of aromatic carboxylic acids is 1. The highest BCUT2D eigenvalue weighted by Crippen LogP contribution is 2.25. The van der Waals surface area contributed by atoms with E-state index >= 15 is 0 Å². The van der Waals surface area contributed by atoms with Gasteiger partial charge in [-0.1, -0.05) is 43.7 Å². The Kier molecular flexibility index (Phi) is 5.37. The van der Waals surface area contributed by atoms with Crippen LogP contribution < -0.4 is 5.32 Å². The van der Waals surface area contributed by atoms with Crippen LogP contribution in [0.15, 0.2) is 18.2 Å². The monoisotopic (exact) mass is 289 g/mol. The van der Waals surface area contributed by atoms with Gasteiger partial charge >= 0.3 is 5.97 Å². The molecular weight excluding hydrogens is 266 g/mol. The van der Waals surface area contributed by atoms with Crippen LogP contribution in [0, 0.1) is 12.8 Å². The number of nitrogens with one attached hydrogen (secondary N) is 1. The van der Waals surface area contributed by atoms with Gasteiger partial charge in [0.15, 0.2) is 0 Å². The van der Waals surface area contributed by atoms with Gasteiger partial charge in [-0.05, 0) is 31.9 Å². The fourth-order valence-corrected chi connectivity index (χ4v) is 2.90. The third kappa shape index (κ3) is 4.31. The van der Waals surface area contributed by atoms with Gasteiger partial charge in [-0.25, -0.2) is 4.79 Å². The first-order chi connectivity index (χ1) is 10.1. The molecule has 21 heavy (non-hydrogen) atoms. The van der Waals surface area contributed by atoms with E-state index in [9.17, 15) is 14.7 Å². The van der Waals surface area contributed by atoms with E-state index in [-0.39, 0.29) is 17.4 Å². The first kappa shape index (κ1) is 15.5. The quantitative estimate of drug-likeness (QED) is 0.884. The molecule has 0 aromatic heterocycles. The molecule has 1 aliphatic carbocycles. The number of anilines is 1. The molecule has 0 heterocycles. The van der Waals surface area contributed by atoms with Crippen LogP contribution >= 0.6 is 0 Å². The van der Waals surface area contributed by atoms with Crippen LogP contribution in [-0.2, 0) is 4.79 Å². The third-order valence-corrected chi connectivity index (χ3v) is 4.14. The molecule has 2 N–H and O–H groups in total. The highest BCUT2D eigenvalue weighted by molar-refractivity contribution is 6.01. The number of hydrogen-bond acceptors (Lipinski definition) is 2. The van der Waals surface area contributed by atoms with E-state index < -0.39 is 5.97 Å². The van der Waals surface area contributed by atoms with E-state index in [4.69, 9.17) is 0 Å². The molecule has 1 aromatic rings. The summed E-state index contributed by atoms with van der Waals surface area (Å²) in [5.74, 6) is -1.04. The fraction of sp³-hybridized carbons (Fsp3) is 0.529. The van der Waals surface area contributed by atoms with Gasteiger partial charge in [-0.15, -0.1) is 0 Å². The van der Waals surface area contributed by atoms with Crippen molar-refractivity contribution in [2.45, 2.75) is 51.9 Å². The number of amides is 1. The lowest BCUT2D eigenvalue weighted by atomic mass is 9.90. The molecule has 1 aliphatic rings. The number of hydrogen-bond donors (Lipinski definition) is 2. The molecule has 0 atom stereocenters. The summed E-state index contributed by atoms with van der Waals surface area (Å²) in [4.78, 5) is 23.7. The highest BCUT2D eigenvalue weighted by Gasteiger charge is 2.21. The maximum atomic E-state index is 12.4. The Balaban J connectivity index is 2.09. The summed E-state index contributed by atoms with van der Waals surface area (Å²) in [6.07, 6.45) is 7.61. The van der Waals surface area contributed by atoms with Crippen LogP contribution in [0.1, 0.15) is 60.9 Å². The van der Waals surface area contributed by atoms with Crippen LogP contribution in [0.2, 0.25) is 0 Å². The van der Waals surface area contributed by atoms with Crippen molar-refractivity contribution in [1.29, 1.82) is 0 Å². The van der Waals surface area contributed by atoms with Crippen molar-refractivity contribution < 1.29 is 14.7 Å². The number of carboxylic acid groups (broad SMARTS) is 1. The molecule has 4 nitrogen and oxygen atoms in total. The molecule has 0 saturated heterocycles. The van der Waals surface area contributed by atoms with Gasteiger partial charge in [0.05, 0.1) is 11.3 Å². The summed E-state index contributed by atoms with van der Waals surface area (Å²) in [6, 6.07) is 5.09. The first-order valence-corrected chi connectivity index (χ1v) is 7.73. The minimum Gasteiger partial charge on any atom is -0.478 e. The molecule has 1 amide bonds. The molecular formula is C17H23NO3. The SMILES string of the molecule is Cc1ccc(NC(=O)C2CCCCCCC2)c(C(=O)O)c1. The highest BCUT2D eigenvalue weighted by atomic mass is 16.4. The van der Waals surface area contributed by atoms with Gasteiger partial charge in [-0.2, -0.15) is 0 Å². The summed E-state index contributed by atoms with van der Waals surface area (Å²) in [7, 11) is 0. The molecule has 2 rings (SSSR count). The van der Waals surface area contributed by atoms with E-state index in [2.05, 4.69) is 5.32 Å². The summed E-state index contributed by atoms with van der Waals surface area (Å²) in [6.45, 7) is 1.84. The zero-order valence-corrected chi connectivity index (χ0v) is 12.5. The number of benzene rings is 1. The second kappa shape index (κ2) is 7.25. The average Bonchev–Trinajstić information content (AvgIpc) is 2.40. The Bertz CT molecular complexity index is 517. The molecule has 0 aliphatic heterocycles. The normalized spacial score (nSPS) is 16.8. The lowest BCUT2D eigenvalue weighted by Gasteiger charge is -2.19.